The first-order valence-corrected chi connectivity index (χ1v) is 5.90. The topological polar surface area (TPSA) is 58.6 Å². The minimum atomic E-state index is -2.93. The number of benzene rings is 1. The van der Waals surface area contributed by atoms with Gasteiger partial charge in [-0.05, 0) is 24.1 Å². The Labute approximate surface area is 110 Å². The number of rotatable bonds is 6. The Bertz CT molecular complexity index is 424. The Balaban J connectivity index is 2.76. The van der Waals surface area contributed by atoms with E-state index in [2.05, 4.69) is 10.1 Å². The van der Waals surface area contributed by atoms with Gasteiger partial charge in [0.1, 0.15) is 5.75 Å². The highest BCUT2D eigenvalue weighted by Gasteiger charge is 2.16. The number of alkyl halides is 2. The summed E-state index contributed by atoms with van der Waals surface area (Å²) in [6, 6.07) is 5.14. The van der Waals surface area contributed by atoms with Crippen LogP contribution in [-0.2, 0) is 0 Å². The number of carbonyl (C=O) groups excluding carboxylic acids is 1. The normalized spacial score (nSPS) is 12.6. The zero-order valence-electron chi connectivity index (χ0n) is 10.8. The molecule has 0 fully saturated rings. The monoisotopic (exact) mass is 273 g/mol. The first kappa shape index (κ1) is 15.4. The van der Waals surface area contributed by atoms with Crippen molar-refractivity contribution in [3.05, 3.63) is 29.8 Å². The van der Waals surface area contributed by atoms with Crippen LogP contribution >= 0.6 is 0 Å². The molecule has 6 heteroatoms. The van der Waals surface area contributed by atoms with Crippen LogP contribution < -0.4 is 10.1 Å². The quantitative estimate of drug-likeness (QED) is 0.833. The molecule has 0 aliphatic rings. The summed E-state index contributed by atoms with van der Waals surface area (Å²) in [6.07, 6.45) is 0. The first-order valence-electron chi connectivity index (χ1n) is 5.90. The predicted octanol–water partition coefficient (Wildman–Crippen LogP) is 2.03. The Morgan fingerprint density at radius 2 is 2.11 bits per heavy atom. The number of carbonyl (C=O) groups is 1. The lowest BCUT2D eigenvalue weighted by molar-refractivity contribution is -0.0498. The van der Waals surface area contributed by atoms with E-state index in [4.69, 9.17) is 5.11 Å². The molecule has 0 aromatic heterocycles. The lowest BCUT2D eigenvalue weighted by atomic mass is 10.0. The molecule has 1 aromatic carbocycles. The maximum atomic E-state index is 12.1. The maximum absolute atomic E-state index is 12.1. The lowest BCUT2D eigenvalue weighted by Crippen LogP contribution is -2.41. The second-order valence-corrected chi connectivity index (χ2v) is 4.41. The van der Waals surface area contributed by atoms with E-state index in [1.807, 2.05) is 13.8 Å². The molecule has 1 aromatic rings. The van der Waals surface area contributed by atoms with Gasteiger partial charge in [0.25, 0.3) is 5.91 Å². The molecular formula is C13H17F2NO3. The van der Waals surface area contributed by atoms with E-state index in [1.54, 1.807) is 0 Å². The van der Waals surface area contributed by atoms with Gasteiger partial charge in [0.15, 0.2) is 0 Å². The van der Waals surface area contributed by atoms with Gasteiger partial charge in [0, 0.05) is 5.56 Å². The fourth-order valence-corrected chi connectivity index (χ4v) is 1.49. The van der Waals surface area contributed by atoms with Crippen LogP contribution in [0.2, 0.25) is 0 Å². The number of hydrogen-bond donors (Lipinski definition) is 2. The molecule has 19 heavy (non-hydrogen) atoms. The van der Waals surface area contributed by atoms with Crippen LogP contribution in [0.1, 0.15) is 24.2 Å². The largest absolute Gasteiger partial charge is 0.435 e. The van der Waals surface area contributed by atoms with Gasteiger partial charge in [-0.25, -0.2) is 0 Å². The van der Waals surface area contributed by atoms with Crippen molar-refractivity contribution in [1.82, 2.24) is 5.32 Å². The average Bonchev–Trinajstić information content (AvgIpc) is 2.34. The van der Waals surface area contributed by atoms with Crippen LogP contribution in [0, 0.1) is 5.92 Å². The van der Waals surface area contributed by atoms with E-state index in [0.29, 0.717) is 0 Å². The molecule has 0 radical (unpaired) electrons. The minimum Gasteiger partial charge on any atom is -0.435 e. The van der Waals surface area contributed by atoms with Gasteiger partial charge in [-0.1, -0.05) is 19.9 Å². The van der Waals surface area contributed by atoms with Crippen molar-refractivity contribution < 1.29 is 23.4 Å². The molecule has 1 atom stereocenters. The van der Waals surface area contributed by atoms with E-state index in [9.17, 15) is 13.6 Å². The number of halogens is 2. The van der Waals surface area contributed by atoms with Gasteiger partial charge >= 0.3 is 6.61 Å². The highest BCUT2D eigenvalue weighted by Crippen LogP contribution is 2.16. The summed E-state index contributed by atoms with van der Waals surface area (Å²) >= 11 is 0. The Hall–Kier alpha value is -1.69. The van der Waals surface area contributed by atoms with Gasteiger partial charge in [0.05, 0.1) is 12.6 Å². The van der Waals surface area contributed by atoms with Crippen molar-refractivity contribution in [3.63, 3.8) is 0 Å². The molecule has 106 valence electrons. The number of amides is 1. The Kier molecular flexibility index (Phi) is 5.69. The number of aliphatic hydroxyl groups is 1. The van der Waals surface area contributed by atoms with E-state index >= 15 is 0 Å². The molecule has 0 aliphatic carbocycles. The van der Waals surface area contributed by atoms with Crippen molar-refractivity contribution in [3.8, 4) is 5.75 Å². The van der Waals surface area contributed by atoms with Crippen molar-refractivity contribution in [1.29, 1.82) is 0 Å². The molecule has 1 amide bonds. The molecule has 0 spiro atoms. The summed E-state index contributed by atoms with van der Waals surface area (Å²) < 4.78 is 28.4. The van der Waals surface area contributed by atoms with Crippen molar-refractivity contribution in [2.24, 2.45) is 5.92 Å². The third kappa shape index (κ3) is 4.82. The van der Waals surface area contributed by atoms with E-state index < -0.39 is 12.5 Å². The predicted molar refractivity (Wildman–Crippen MR) is 66.3 cm³/mol. The average molecular weight is 273 g/mol. The third-order valence-electron chi connectivity index (χ3n) is 2.64. The SMILES string of the molecule is CC(C)[C@@H](CO)NC(=O)c1cccc(OC(F)F)c1. The van der Waals surface area contributed by atoms with Crippen molar-refractivity contribution in [2.45, 2.75) is 26.5 Å². The summed E-state index contributed by atoms with van der Waals surface area (Å²) in [5.41, 5.74) is 0.206. The second kappa shape index (κ2) is 7.04. The molecule has 0 aliphatic heterocycles. The molecule has 0 saturated carbocycles. The van der Waals surface area contributed by atoms with Crippen LogP contribution in [0.4, 0.5) is 8.78 Å². The minimum absolute atomic E-state index is 0.0643. The fraction of sp³-hybridized carbons (Fsp3) is 0.462. The molecule has 0 heterocycles. The molecule has 2 N–H and O–H groups in total. The second-order valence-electron chi connectivity index (χ2n) is 4.41. The Morgan fingerprint density at radius 1 is 1.42 bits per heavy atom. The first-order chi connectivity index (χ1) is 8.93. The molecule has 0 unspecified atom stereocenters. The van der Waals surface area contributed by atoms with Crippen LogP contribution in [0.15, 0.2) is 24.3 Å². The van der Waals surface area contributed by atoms with Gasteiger partial charge in [-0.3, -0.25) is 4.79 Å². The number of ether oxygens (including phenoxy) is 1. The van der Waals surface area contributed by atoms with Crippen LogP contribution in [-0.4, -0.2) is 30.3 Å². The van der Waals surface area contributed by atoms with Gasteiger partial charge in [-0.15, -0.1) is 0 Å². The molecule has 1 rings (SSSR count). The van der Waals surface area contributed by atoms with Gasteiger partial charge < -0.3 is 15.2 Å². The van der Waals surface area contributed by atoms with Crippen molar-refractivity contribution in [2.75, 3.05) is 6.61 Å². The maximum Gasteiger partial charge on any atom is 0.387 e. The van der Waals surface area contributed by atoms with E-state index in [-0.39, 0.29) is 29.9 Å². The summed E-state index contributed by atoms with van der Waals surface area (Å²) in [5.74, 6) is -0.449. The van der Waals surface area contributed by atoms with Crippen LogP contribution in [0.3, 0.4) is 0 Å². The van der Waals surface area contributed by atoms with Crippen molar-refractivity contribution >= 4 is 5.91 Å². The summed E-state index contributed by atoms with van der Waals surface area (Å²) in [5, 5.41) is 11.8. The van der Waals surface area contributed by atoms with E-state index in [0.717, 1.165) is 0 Å². The number of nitrogens with one attached hydrogen (secondary N) is 1. The zero-order chi connectivity index (χ0) is 14.4. The lowest BCUT2D eigenvalue weighted by Gasteiger charge is -2.20. The fourth-order valence-electron chi connectivity index (χ4n) is 1.49. The zero-order valence-corrected chi connectivity index (χ0v) is 10.8. The van der Waals surface area contributed by atoms with E-state index in [1.165, 1.54) is 24.3 Å². The summed E-state index contributed by atoms with van der Waals surface area (Å²) in [7, 11) is 0. The Morgan fingerprint density at radius 3 is 2.63 bits per heavy atom. The van der Waals surface area contributed by atoms with Crippen LogP contribution in [0.5, 0.6) is 5.75 Å². The summed E-state index contributed by atoms with van der Waals surface area (Å²) in [6.45, 7) is 0.602. The highest BCUT2D eigenvalue weighted by molar-refractivity contribution is 5.94. The number of hydrogen-bond acceptors (Lipinski definition) is 3. The molecule has 0 bridgehead atoms. The molecular weight excluding hydrogens is 256 g/mol. The van der Waals surface area contributed by atoms with Gasteiger partial charge in [0.2, 0.25) is 0 Å². The smallest absolute Gasteiger partial charge is 0.387 e. The molecule has 4 nitrogen and oxygen atoms in total. The summed E-state index contributed by atoms with van der Waals surface area (Å²) in [4.78, 5) is 11.9. The number of aliphatic hydroxyl groups excluding tert-OH is 1. The van der Waals surface area contributed by atoms with Gasteiger partial charge in [-0.2, -0.15) is 8.78 Å². The highest BCUT2D eigenvalue weighted by atomic mass is 19.3. The molecule has 0 saturated heterocycles. The standard InChI is InChI=1S/C13H17F2NO3/c1-8(2)11(7-17)16-12(18)9-4-3-5-10(6-9)19-13(14)15/h3-6,8,11,13,17H,7H2,1-2H3,(H,16,18)/t11-/m1/s1. The third-order valence-corrected chi connectivity index (χ3v) is 2.64. The van der Waals surface area contributed by atoms with Crippen LogP contribution in [0.25, 0.3) is 0 Å².